The molecule has 0 amide bonds. The summed E-state index contributed by atoms with van der Waals surface area (Å²) in [7, 11) is 1.38. The number of hydrogen-bond donors (Lipinski definition) is 0. The molecule has 0 spiro atoms. The van der Waals surface area contributed by atoms with E-state index in [4.69, 9.17) is 0 Å². The summed E-state index contributed by atoms with van der Waals surface area (Å²) in [5, 5.41) is 0. The molecule has 0 fully saturated rings. The van der Waals surface area contributed by atoms with Gasteiger partial charge in [0.25, 0.3) is 0 Å². The molecule has 1 rings (SSSR count). The molecule has 7 heavy (non-hydrogen) atoms. The van der Waals surface area contributed by atoms with Crippen LogP contribution in [0.1, 0.15) is 0 Å². The van der Waals surface area contributed by atoms with Crippen LogP contribution in [-0.4, -0.2) is 7.27 Å². The molecule has 0 aliphatic carbocycles. The van der Waals surface area contributed by atoms with Gasteiger partial charge in [0.15, 0.2) is 0 Å². The van der Waals surface area contributed by atoms with Gasteiger partial charge in [-0.05, 0) is 0 Å². The zero-order valence-electron chi connectivity index (χ0n) is 3.74. The first-order valence-corrected chi connectivity index (χ1v) is 1.99. The maximum absolute atomic E-state index is 4.66. The molecule has 0 saturated carbocycles. The van der Waals surface area contributed by atoms with Gasteiger partial charge in [0, 0.05) is 0 Å². The van der Waals surface area contributed by atoms with E-state index in [1.807, 2.05) is 0 Å². The third-order valence-corrected chi connectivity index (χ3v) is 0.562. The third-order valence-electron chi connectivity index (χ3n) is 0.562. The van der Waals surface area contributed by atoms with Crippen LogP contribution in [0.25, 0.3) is 0 Å². The Hall–Kier alpha value is -0.855. The first-order valence-electron chi connectivity index (χ1n) is 1.99. The number of nitrogens with zero attached hydrogens (tertiary/aromatic N) is 1. The zero-order chi connectivity index (χ0) is 4.95. The van der Waals surface area contributed by atoms with Crippen LogP contribution in [0.5, 0.6) is 0 Å². The summed E-state index contributed by atoms with van der Waals surface area (Å²) in [6.07, 6.45) is 6.78. The van der Waals surface area contributed by atoms with Crippen molar-refractivity contribution < 1.29 is 4.65 Å². The summed E-state index contributed by atoms with van der Waals surface area (Å²) in [5.41, 5.74) is 0. The Morgan fingerprint density at radius 3 is 3.43 bits per heavy atom. The fraction of sp³-hybridized carbons (Fsp3) is 0. The van der Waals surface area contributed by atoms with Crippen molar-refractivity contribution in [2.24, 2.45) is 4.90 Å². The van der Waals surface area contributed by atoms with Gasteiger partial charge in [-0.15, -0.1) is 0 Å². The van der Waals surface area contributed by atoms with Gasteiger partial charge in [-0.2, -0.15) is 0 Å². The minimum atomic E-state index is 1.38. The second kappa shape index (κ2) is 2.34. The normalized spacial score (nSPS) is 14.9. The van der Waals surface area contributed by atoms with Crippen LogP contribution in [0.15, 0.2) is 29.5 Å². The number of allylic oxidation sites excluding steroid dienone is 2. The van der Waals surface area contributed by atoms with Crippen LogP contribution in [-0.2, 0) is 4.65 Å². The number of rotatable bonds is 0. The quantitative estimate of drug-likeness (QED) is 0.406. The molecule has 0 saturated heterocycles. The predicted octanol–water partition coefficient (Wildman–Crippen LogP) is 0.847. The molecular weight excluding hydrogens is 88.9 g/mol. The van der Waals surface area contributed by atoms with Crippen LogP contribution < -0.4 is 0 Å². The molecule has 0 aromatic rings. The number of hydrogen-bond acceptors (Lipinski definition) is 2. The molecule has 0 aromatic carbocycles. The monoisotopic (exact) mass is 93.0 g/mol. The zero-order valence-corrected chi connectivity index (χ0v) is 3.74. The molecule has 0 aromatic heterocycles. The van der Waals surface area contributed by atoms with Crippen molar-refractivity contribution in [3.8, 4) is 0 Å². The van der Waals surface area contributed by atoms with Crippen molar-refractivity contribution in [2.45, 2.75) is 0 Å². The molecule has 0 unspecified atom stereocenters. The van der Waals surface area contributed by atoms with Crippen LogP contribution >= 0.6 is 0 Å². The van der Waals surface area contributed by atoms with E-state index >= 15 is 0 Å². The molecule has 34 valence electrons. The summed E-state index contributed by atoms with van der Waals surface area (Å²) in [6, 6.07) is 0. The Kier molecular flexibility index (Phi) is 1.44. The predicted molar refractivity (Wildman–Crippen MR) is 27.5 cm³/mol. The first-order chi connectivity index (χ1) is 3.50. The van der Waals surface area contributed by atoms with Gasteiger partial charge in [-0.3, -0.25) is 0 Å². The first kappa shape index (κ1) is 4.31. The Morgan fingerprint density at radius 2 is 2.43 bits per heavy atom. The van der Waals surface area contributed by atoms with Gasteiger partial charge < -0.3 is 0 Å². The van der Waals surface area contributed by atoms with Gasteiger partial charge in [-0.25, -0.2) is 0 Å². The van der Waals surface area contributed by atoms with Crippen molar-refractivity contribution in [3.63, 3.8) is 0 Å². The van der Waals surface area contributed by atoms with E-state index in [1.54, 1.807) is 24.6 Å². The standard InChI is InChI=1S/C4H4BNO/c1-2-4-7-5-6-3-1/h1-4H. The average molecular weight is 92.9 g/mol. The van der Waals surface area contributed by atoms with E-state index in [0.29, 0.717) is 0 Å². The molecule has 1 aliphatic rings. The van der Waals surface area contributed by atoms with Crippen molar-refractivity contribution in [1.82, 2.24) is 0 Å². The van der Waals surface area contributed by atoms with Crippen molar-refractivity contribution >= 4 is 7.27 Å². The third kappa shape index (κ3) is 1.35. The Labute approximate surface area is 42.5 Å². The maximum atomic E-state index is 4.66. The van der Waals surface area contributed by atoms with E-state index in [1.165, 1.54) is 7.27 Å². The van der Waals surface area contributed by atoms with Gasteiger partial charge in [0.1, 0.15) is 0 Å². The Balaban J connectivity index is 2.60. The van der Waals surface area contributed by atoms with Crippen molar-refractivity contribution in [3.05, 3.63) is 24.6 Å². The molecule has 3 heteroatoms. The van der Waals surface area contributed by atoms with E-state index in [-0.39, 0.29) is 0 Å². The molecule has 1 heterocycles. The fourth-order valence-corrected chi connectivity index (χ4v) is 0.296. The Morgan fingerprint density at radius 1 is 1.43 bits per heavy atom. The second-order valence-corrected chi connectivity index (χ2v) is 1.06. The van der Waals surface area contributed by atoms with E-state index in [2.05, 4.69) is 9.55 Å². The molecule has 0 radical (unpaired) electrons. The summed E-state index contributed by atoms with van der Waals surface area (Å²) in [6.45, 7) is 0. The SMILES string of the molecule is B1=NC=CC=CO1. The van der Waals surface area contributed by atoms with Gasteiger partial charge in [0.05, 0.1) is 0 Å². The van der Waals surface area contributed by atoms with Gasteiger partial charge in [0.2, 0.25) is 0 Å². The van der Waals surface area contributed by atoms with E-state index < -0.39 is 0 Å². The molecule has 1 aliphatic heterocycles. The summed E-state index contributed by atoms with van der Waals surface area (Å²) in [4.78, 5) is 3.68. The molecular formula is C4H4BNO. The molecule has 0 bridgehead atoms. The van der Waals surface area contributed by atoms with Gasteiger partial charge >= 0.3 is 41.4 Å². The molecule has 0 atom stereocenters. The summed E-state index contributed by atoms with van der Waals surface area (Å²) in [5.74, 6) is 0. The van der Waals surface area contributed by atoms with Crippen molar-refractivity contribution in [1.29, 1.82) is 0 Å². The summed E-state index contributed by atoms with van der Waals surface area (Å²) >= 11 is 0. The van der Waals surface area contributed by atoms with Gasteiger partial charge in [-0.1, -0.05) is 0 Å². The van der Waals surface area contributed by atoms with E-state index in [9.17, 15) is 0 Å². The van der Waals surface area contributed by atoms with E-state index in [0.717, 1.165) is 0 Å². The summed E-state index contributed by atoms with van der Waals surface area (Å²) < 4.78 is 4.66. The fourth-order valence-electron chi connectivity index (χ4n) is 0.296. The van der Waals surface area contributed by atoms with Crippen LogP contribution in [0.3, 0.4) is 0 Å². The van der Waals surface area contributed by atoms with Crippen LogP contribution in [0.4, 0.5) is 0 Å². The van der Waals surface area contributed by atoms with Crippen molar-refractivity contribution in [2.75, 3.05) is 0 Å². The topological polar surface area (TPSA) is 21.6 Å². The average Bonchev–Trinajstić information content (AvgIpc) is 1.90. The van der Waals surface area contributed by atoms with Crippen LogP contribution in [0, 0.1) is 0 Å². The minimum absolute atomic E-state index is 1.38. The Bertz CT molecular complexity index is 114. The molecule has 0 N–H and O–H groups in total. The second-order valence-electron chi connectivity index (χ2n) is 1.06. The van der Waals surface area contributed by atoms with Crippen LogP contribution in [0.2, 0.25) is 0 Å². The molecule has 2 nitrogen and oxygen atoms in total.